The average molecular weight is 1660 g/mol. The Morgan fingerprint density at radius 1 is 0.487 bits per heavy atom. The van der Waals surface area contributed by atoms with E-state index in [4.69, 9.17) is 19.5 Å². The van der Waals surface area contributed by atoms with Gasteiger partial charge in [0.2, 0.25) is 0 Å². The zero-order chi connectivity index (χ0) is 81.5. The Hall–Kier alpha value is -6.28. The van der Waals surface area contributed by atoms with Crippen molar-refractivity contribution >= 4 is 78.0 Å². The predicted molar refractivity (Wildman–Crippen MR) is 472 cm³/mol. The lowest BCUT2D eigenvalue weighted by Gasteiger charge is -2.28. The molecule has 113 heavy (non-hydrogen) atoms. The van der Waals surface area contributed by atoms with E-state index in [1.165, 1.54) is 137 Å². The molecule has 4 aliphatic heterocycles. The van der Waals surface area contributed by atoms with Crippen LogP contribution in [0.4, 0.5) is 0 Å². The number of morpholine rings is 1. The van der Waals surface area contributed by atoms with Gasteiger partial charge in [-0.15, -0.1) is 4.99 Å². The van der Waals surface area contributed by atoms with Crippen LogP contribution in [-0.2, 0) is 72.5 Å². The van der Waals surface area contributed by atoms with Crippen molar-refractivity contribution in [2.24, 2.45) is 5.41 Å². The third-order valence-corrected chi connectivity index (χ3v) is 27.5. The molecule has 4 aliphatic rings. The topological polar surface area (TPSA) is 189 Å². The molecule has 0 bridgehead atoms. The zero-order valence-corrected chi connectivity index (χ0v) is 72.3. The second-order valence-corrected chi connectivity index (χ2v) is 37.8. The number of aryl methyl sites for hydroxylation is 1. The molecule has 0 spiro atoms. The Bertz CT molecular complexity index is 3430. The number of carbonyl (C=O) groups is 1. The van der Waals surface area contributed by atoms with Crippen LogP contribution in [-0.4, -0.2) is 219 Å². The van der Waals surface area contributed by atoms with Crippen LogP contribution >= 0.6 is 22.8 Å². The molecule has 0 saturated carbocycles. The van der Waals surface area contributed by atoms with Crippen LogP contribution in [0, 0.1) is 12.3 Å². The number of likely N-dealkylation sites (N-methyl/N-ethyl adjacent to an activating group) is 4. The first kappa shape index (κ1) is 97.3. The summed E-state index contributed by atoms with van der Waals surface area (Å²) in [5.74, 6) is 7.68. The molecule has 4 fully saturated rings. The van der Waals surface area contributed by atoms with E-state index in [2.05, 4.69) is 353 Å². The minimum atomic E-state index is -0.809. The number of nitrogens with zero attached hydrogens (tertiary/aromatic N) is 6. The normalized spacial score (nSPS) is 14.9. The Labute approximate surface area is 693 Å². The molecule has 1 atom stereocenters. The van der Waals surface area contributed by atoms with Gasteiger partial charge in [0.1, 0.15) is 11.5 Å². The number of hydrogen-bond donors (Lipinski definition) is 3. The fraction of sp³-hybridized carbons (Fsp3) is 0.356. The number of piperazine rings is 2. The molecule has 0 radical (unpaired) electrons. The summed E-state index contributed by atoms with van der Waals surface area (Å²) in [4.78, 5) is 39.4. The number of ketones is 1. The summed E-state index contributed by atoms with van der Waals surface area (Å²) in [6.07, 6.45) is 2.70. The standard InChI is InChI=1S/C19H17S.2C18H15S.C10H19OS.2C6H14N2.C6H15NO5S.C4H9NO4.C3H6OS/c1-16-12-14-19(15-13-16)20(17-8-4-2-5-9-17)18-10-6-3-7-11-18;2*1-4-10-16(11-5-1)19(17-12-6-2-7-13-17)18-14-8-3-9-15-18;1-10(2,3)9(11)8-12-6-4-5-7-12;2*1-7-3-5-8(2)6-4-7;8-4-1-7(2-5-9)3-6-13-12-11-10;6-9-8-5-1-3-7-4-2-5;1-3-5(2)4/h2-15H,1H3;2*1-15H;4-8H2,1-3H3;2*3-6H2,1-2H3;8-10H,1-6H2;6H,1-4H2;3-4H,1-2H2/q4*+1;;;;;/p-2. The molecule has 612 valence electrons. The summed E-state index contributed by atoms with van der Waals surface area (Å²) in [7, 11) is 8.28. The summed E-state index contributed by atoms with van der Waals surface area (Å²) < 4.78 is 17.2. The van der Waals surface area contributed by atoms with Gasteiger partial charge in [-0.3, -0.25) is 19.8 Å². The quantitative estimate of drug-likeness (QED) is 0.0137. The highest BCUT2D eigenvalue weighted by atomic mass is 32.2. The van der Waals surface area contributed by atoms with Crippen LogP contribution in [0.3, 0.4) is 0 Å². The van der Waals surface area contributed by atoms with E-state index in [0.29, 0.717) is 68.4 Å². The number of hydroxylamine groups is 2. The summed E-state index contributed by atoms with van der Waals surface area (Å²) in [5.41, 5.74) is 1.19. The van der Waals surface area contributed by atoms with Gasteiger partial charge in [0.05, 0.1) is 72.2 Å². The number of rotatable bonds is 23. The monoisotopic (exact) mass is 1650 g/mol. The fourth-order valence-corrected chi connectivity index (χ4v) is 20.2. The number of aliphatic hydroxyl groups excluding tert-OH is 2. The molecule has 4 heterocycles. The van der Waals surface area contributed by atoms with Crippen molar-refractivity contribution in [3.63, 3.8) is 0 Å². The van der Waals surface area contributed by atoms with Crippen LogP contribution in [0.15, 0.2) is 323 Å². The zero-order valence-electron chi connectivity index (χ0n) is 67.4. The van der Waals surface area contributed by atoms with Gasteiger partial charge in [-0.25, -0.2) is 0 Å². The second-order valence-electron chi connectivity index (χ2n) is 27.5. The first-order valence-corrected chi connectivity index (χ1v) is 45.9. The summed E-state index contributed by atoms with van der Waals surface area (Å²) in [6.45, 7) is 25.4. The largest absolute Gasteiger partial charge is 0.691 e. The van der Waals surface area contributed by atoms with E-state index < -0.39 is 10.8 Å². The summed E-state index contributed by atoms with van der Waals surface area (Å²) in [5, 5.41) is 45.2. The fourth-order valence-electron chi connectivity index (χ4n) is 10.9. The second kappa shape index (κ2) is 59.4. The van der Waals surface area contributed by atoms with Crippen LogP contribution in [0.1, 0.15) is 39.2 Å². The molecule has 23 heteroatoms. The third kappa shape index (κ3) is 41.4. The smallest absolute Gasteiger partial charge is 0.187 e. The first-order chi connectivity index (χ1) is 54.9. The molecule has 13 rings (SSSR count). The van der Waals surface area contributed by atoms with E-state index in [1.807, 2.05) is 25.7 Å². The van der Waals surface area contributed by atoms with Crippen LogP contribution in [0.25, 0.3) is 0 Å². The Balaban J connectivity index is 0.000000234. The van der Waals surface area contributed by atoms with Crippen molar-refractivity contribution in [1.82, 2.24) is 29.6 Å². The lowest BCUT2D eigenvalue weighted by atomic mass is 9.92. The van der Waals surface area contributed by atoms with Gasteiger partial charge in [-0.2, -0.15) is 9.40 Å². The molecular formula is C90H122N6O11S6+2. The molecule has 9 aromatic rings. The van der Waals surface area contributed by atoms with E-state index in [9.17, 15) is 15.3 Å². The number of ether oxygens (including phenoxy) is 1. The van der Waals surface area contributed by atoms with E-state index in [1.54, 1.807) is 0 Å². The maximum absolute atomic E-state index is 11.6. The average Bonchev–Trinajstić information content (AvgIpc) is 1.20. The lowest BCUT2D eigenvalue weighted by molar-refractivity contribution is -0.827. The third-order valence-electron chi connectivity index (χ3n) is 17.5. The van der Waals surface area contributed by atoms with Crippen LogP contribution < -0.4 is 10.5 Å². The maximum Gasteiger partial charge on any atom is 0.187 e. The van der Waals surface area contributed by atoms with Crippen molar-refractivity contribution in [3.8, 4) is 0 Å². The molecule has 4 saturated heterocycles. The number of benzene rings is 9. The van der Waals surface area contributed by atoms with Crippen molar-refractivity contribution in [1.29, 1.82) is 0 Å². The molecular weight excluding hydrogens is 1530 g/mol. The minimum Gasteiger partial charge on any atom is -0.691 e. The van der Waals surface area contributed by atoms with Gasteiger partial charge >= 0.3 is 0 Å². The van der Waals surface area contributed by atoms with E-state index >= 15 is 0 Å². The number of carbonyl (C=O) groups excluding carboxylic acids is 1. The van der Waals surface area contributed by atoms with Gasteiger partial charge in [-0.05, 0) is 190 Å². The highest BCUT2D eigenvalue weighted by Crippen LogP contribution is 2.34. The van der Waals surface area contributed by atoms with E-state index in [0.717, 1.165) is 17.8 Å². The molecule has 0 amide bonds. The summed E-state index contributed by atoms with van der Waals surface area (Å²) in [6, 6.07) is 94.7. The molecule has 0 aliphatic carbocycles. The van der Waals surface area contributed by atoms with Gasteiger partial charge in [-0.1, -0.05) is 191 Å². The molecule has 3 N–H and O–H groups in total. The molecule has 9 aromatic carbocycles. The highest BCUT2D eigenvalue weighted by molar-refractivity contribution is 8.11. The number of aliphatic hydroxyl groups is 2. The first-order valence-electron chi connectivity index (χ1n) is 38.1. The molecule has 17 nitrogen and oxygen atoms in total. The Morgan fingerprint density at radius 2 is 0.761 bits per heavy atom. The SMILES string of the molecule is C=CS(=C)O.CC(C)(C)C(=O)C[S+]1CCCC1.CN1CCN(C)CC1.CN1CCN(C)CC1.Cc1ccc([S+](c2ccccc2)c2ccccc2)cc1.[O-]OON1CCOCC1.[O-]OOSCCN(CCO)CCO.c1ccc([S+](c2ccccc2)c2ccccc2)cc1.c1ccc([S+](c2ccccc2)c2ccccc2)cc1. The van der Waals surface area contributed by atoms with E-state index in [-0.39, 0.29) is 51.3 Å². The predicted octanol–water partition coefficient (Wildman–Crippen LogP) is 14.3. The number of hydrogen-bond acceptors (Lipinski definition) is 18. The summed E-state index contributed by atoms with van der Waals surface area (Å²) >= 11 is 0.894. The van der Waals surface area contributed by atoms with Crippen molar-refractivity contribution in [2.45, 2.75) is 84.6 Å². The van der Waals surface area contributed by atoms with Gasteiger partial charge in [0, 0.05) is 95.2 Å². The van der Waals surface area contributed by atoms with Crippen molar-refractivity contribution in [2.75, 3.05) is 163 Å². The number of Topliss-reactive ketones (excluding diaryl/α,β-unsaturated/α-hetero) is 1. The molecule has 0 aromatic heterocycles. The van der Waals surface area contributed by atoms with Gasteiger partial charge < -0.3 is 49.6 Å². The highest BCUT2D eigenvalue weighted by Gasteiger charge is 2.33. The minimum absolute atomic E-state index is 0.0146. The maximum atomic E-state index is 11.6. The van der Waals surface area contributed by atoms with Crippen molar-refractivity contribution < 1.29 is 54.2 Å². The van der Waals surface area contributed by atoms with Crippen LogP contribution in [0.2, 0.25) is 0 Å². The van der Waals surface area contributed by atoms with Crippen molar-refractivity contribution in [3.05, 3.63) is 284 Å². The Kier molecular flexibility index (Phi) is 51.1. The molecule has 1 unspecified atom stereocenters. The van der Waals surface area contributed by atoms with Crippen LogP contribution in [0.5, 0.6) is 0 Å². The Morgan fingerprint density at radius 3 is 1.00 bits per heavy atom. The lowest BCUT2D eigenvalue weighted by Crippen LogP contribution is -2.42. The van der Waals surface area contributed by atoms with Gasteiger partial charge in [0.15, 0.2) is 55.6 Å². The van der Waals surface area contributed by atoms with Gasteiger partial charge in [0.25, 0.3) is 0 Å².